The molecule has 0 saturated heterocycles. The highest BCUT2D eigenvalue weighted by Gasteiger charge is 2.22. The van der Waals surface area contributed by atoms with E-state index in [4.69, 9.17) is 27.7 Å². The molecule has 2 rings (SSSR count). The highest BCUT2D eigenvalue weighted by molar-refractivity contribution is 6.42. The number of aromatic nitrogens is 1. The first-order valence-corrected chi connectivity index (χ1v) is 6.89. The Morgan fingerprint density at radius 3 is 2.48 bits per heavy atom. The van der Waals surface area contributed by atoms with Gasteiger partial charge in [0.05, 0.1) is 26.7 Å². The Balaban J connectivity index is 2.39. The normalized spacial score (nSPS) is 12.2. The lowest BCUT2D eigenvalue weighted by Gasteiger charge is -2.15. The van der Waals surface area contributed by atoms with Gasteiger partial charge in [-0.1, -0.05) is 28.4 Å². The van der Waals surface area contributed by atoms with E-state index in [2.05, 4.69) is 10.5 Å². The van der Waals surface area contributed by atoms with Gasteiger partial charge in [-0.15, -0.1) is 0 Å². The van der Waals surface area contributed by atoms with E-state index >= 15 is 0 Å². The molecule has 0 aliphatic rings. The van der Waals surface area contributed by atoms with Crippen LogP contribution in [-0.4, -0.2) is 10.1 Å². The molecule has 0 saturated carbocycles. The predicted octanol–water partition coefficient (Wildman–Crippen LogP) is 4.68. The number of nitro groups is 1. The average molecular weight is 330 g/mol. The van der Waals surface area contributed by atoms with Gasteiger partial charge in [-0.3, -0.25) is 10.1 Å². The Labute approximate surface area is 131 Å². The molecular formula is C13H13Cl2N3O3. The number of halogens is 2. The molecule has 0 radical (unpaired) electrons. The van der Waals surface area contributed by atoms with Crippen LogP contribution in [0.5, 0.6) is 0 Å². The molecule has 6 nitrogen and oxygen atoms in total. The fraction of sp³-hybridized carbons (Fsp3) is 0.308. The molecule has 1 N–H and O–H groups in total. The van der Waals surface area contributed by atoms with Crippen LogP contribution in [0.15, 0.2) is 16.7 Å². The zero-order chi connectivity index (χ0) is 15.7. The van der Waals surface area contributed by atoms with Crippen LogP contribution in [0.3, 0.4) is 0 Å². The molecule has 8 heteroatoms. The molecule has 0 spiro atoms. The van der Waals surface area contributed by atoms with Gasteiger partial charge in [0.15, 0.2) is 0 Å². The maximum absolute atomic E-state index is 11.1. The minimum atomic E-state index is -0.509. The summed E-state index contributed by atoms with van der Waals surface area (Å²) in [6.45, 7) is 5.46. The van der Waals surface area contributed by atoms with E-state index in [9.17, 15) is 10.1 Å². The summed E-state index contributed by atoms with van der Waals surface area (Å²) in [6.07, 6.45) is 0. The van der Waals surface area contributed by atoms with Crippen LogP contribution in [0.1, 0.15) is 30.0 Å². The van der Waals surface area contributed by atoms with Crippen molar-refractivity contribution in [2.75, 3.05) is 5.32 Å². The van der Waals surface area contributed by atoms with Crippen molar-refractivity contribution in [3.63, 3.8) is 0 Å². The van der Waals surface area contributed by atoms with Crippen molar-refractivity contribution < 1.29 is 9.45 Å². The lowest BCUT2D eigenvalue weighted by Crippen LogP contribution is -2.10. The average Bonchev–Trinajstić information content (AvgIpc) is 2.72. The van der Waals surface area contributed by atoms with E-state index in [1.54, 1.807) is 6.92 Å². The second-order valence-corrected chi connectivity index (χ2v) is 5.46. The number of rotatable bonds is 4. The number of hydrogen-bond acceptors (Lipinski definition) is 5. The highest BCUT2D eigenvalue weighted by Crippen LogP contribution is 2.36. The van der Waals surface area contributed by atoms with Crippen LogP contribution in [-0.2, 0) is 0 Å². The van der Waals surface area contributed by atoms with Crippen molar-refractivity contribution in [1.82, 2.24) is 5.16 Å². The molecule has 0 aliphatic carbocycles. The molecule has 1 unspecified atom stereocenters. The number of anilines is 1. The lowest BCUT2D eigenvalue weighted by atomic mass is 10.1. The Hall–Kier alpha value is -1.79. The van der Waals surface area contributed by atoms with Crippen LogP contribution in [0, 0.1) is 24.0 Å². The van der Waals surface area contributed by atoms with Gasteiger partial charge < -0.3 is 9.84 Å². The summed E-state index contributed by atoms with van der Waals surface area (Å²) in [5.41, 5.74) is 1.75. The Bertz CT molecular complexity index is 681. The Morgan fingerprint density at radius 2 is 1.95 bits per heavy atom. The topological polar surface area (TPSA) is 81.2 Å². The molecule has 1 heterocycles. The summed E-state index contributed by atoms with van der Waals surface area (Å²) in [7, 11) is 0. The number of benzene rings is 1. The third-order valence-corrected chi connectivity index (χ3v) is 3.85. The molecule has 1 aromatic carbocycles. The molecule has 112 valence electrons. The largest absolute Gasteiger partial charge is 0.373 e. The van der Waals surface area contributed by atoms with E-state index in [-0.39, 0.29) is 21.8 Å². The zero-order valence-electron chi connectivity index (χ0n) is 11.6. The van der Waals surface area contributed by atoms with E-state index < -0.39 is 4.92 Å². The van der Waals surface area contributed by atoms with Gasteiger partial charge in [0.1, 0.15) is 11.4 Å². The summed E-state index contributed by atoms with van der Waals surface area (Å²) in [5, 5.41) is 18.4. The van der Waals surface area contributed by atoms with Crippen molar-refractivity contribution in [3.05, 3.63) is 49.3 Å². The van der Waals surface area contributed by atoms with Crippen LogP contribution in [0.25, 0.3) is 0 Å². The molecule has 2 aromatic rings. The molecular weight excluding hydrogens is 317 g/mol. The summed E-state index contributed by atoms with van der Waals surface area (Å²) >= 11 is 11.8. The third-order valence-electron chi connectivity index (χ3n) is 3.13. The van der Waals surface area contributed by atoms with E-state index in [0.29, 0.717) is 11.4 Å². The summed E-state index contributed by atoms with van der Waals surface area (Å²) in [5.74, 6) is 0.662. The van der Waals surface area contributed by atoms with Crippen molar-refractivity contribution in [3.8, 4) is 0 Å². The van der Waals surface area contributed by atoms with Gasteiger partial charge in [-0.2, -0.15) is 0 Å². The fourth-order valence-corrected chi connectivity index (χ4v) is 2.54. The summed E-state index contributed by atoms with van der Waals surface area (Å²) in [4.78, 5) is 10.6. The Kier molecular flexibility index (Phi) is 4.39. The second-order valence-electron chi connectivity index (χ2n) is 4.64. The van der Waals surface area contributed by atoms with Gasteiger partial charge in [-0.25, -0.2) is 0 Å². The van der Waals surface area contributed by atoms with Gasteiger partial charge in [0.2, 0.25) is 0 Å². The Morgan fingerprint density at radius 1 is 1.33 bits per heavy atom. The van der Waals surface area contributed by atoms with Gasteiger partial charge in [0.25, 0.3) is 5.69 Å². The van der Waals surface area contributed by atoms with Crippen molar-refractivity contribution >= 4 is 34.6 Å². The molecule has 0 aliphatic heterocycles. The predicted molar refractivity (Wildman–Crippen MR) is 81.1 cm³/mol. The maximum Gasteiger partial charge on any atom is 0.293 e. The first kappa shape index (κ1) is 15.6. The number of nitrogens with zero attached hydrogens (tertiary/aromatic N) is 2. The van der Waals surface area contributed by atoms with E-state index in [0.717, 1.165) is 11.3 Å². The molecule has 1 atom stereocenters. The molecule has 0 amide bonds. The highest BCUT2D eigenvalue weighted by atomic mass is 35.5. The minimum absolute atomic E-state index is 0.136. The van der Waals surface area contributed by atoms with Crippen LogP contribution in [0.4, 0.5) is 11.4 Å². The van der Waals surface area contributed by atoms with Crippen LogP contribution in [0.2, 0.25) is 10.0 Å². The van der Waals surface area contributed by atoms with E-state index in [1.807, 2.05) is 13.8 Å². The van der Waals surface area contributed by atoms with Crippen molar-refractivity contribution in [2.24, 2.45) is 0 Å². The summed E-state index contributed by atoms with van der Waals surface area (Å²) < 4.78 is 5.10. The smallest absolute Gasteiger partial charge is 0.293 e. The maximum atomic E-state index is 11.1. The van der Waals surface area contributed by atoms with Crippen LogP contribution < -0.4 is 5.32 Å². The monoisotopic (exact) mass is 329 g/mol. The van der Waals surface area contributed by atoms with E-state index in [1.165, 1.54) is 12.1 Å². The molecule has 21 heavy (non-hydrogen) atoms. The molecule has 0 fully saturated rings. The van der Waals surface area contributed by atoms with Gasteiger partial charge in [-0.05, 0) is 26.8 Å². The number of aryl methyl sites for hydroxylation is 2. The van der Waals surface area contributed by atoms with Gasteiger partial charge in [0, 0.05) is 11.6 Å². The summed E-state index contributed by atoms with van der Waals surface area (Å²) in [6, 6.07) is 2.44. The third kappa shape index (κ3) is 3.11. The molecule has 1 aromatic heterocycles. The SMILES string of the molecule is Cc1noc(C)c1C(C)Nc1cc(Cl)c(Cl)cc1[N+](=O)[O-]. The van der Waals surface area contributed by atoms with Crippen molar-refractivity contribution in [2.45, 2.75) is 26.8 Å². The fourth-order valence-electron chi connectivity index (χ4n) is 2.22. The first-order chi connectivity index (χ1) is 9.81. The van der Waals surface area contributed by atoms with Gasteiger partial charge >= 0.3 is 0 Å². The number of nitro benzene ring substituents is 1. The zero-order valence-corrected chi connectivity index (χ0v) is 13.1. The van der Waals surface area contributed by atoms with Crippen LogP contribution >= 0.6 is 23.2 Å². The quantitative estimate of drug-likeness (QED) is 0.650. The van der Waals surface area contributed by atoms with Crippen molar-refractivity contribution in [1.29, 1.82) is 0 Å². The standard InChI is InChI=1S/C13H13Cl2N3O3/c1-6(13-7(2)17-21-8(13)3)16-11-4-9(14)10(15)5-12(11)18(19)20/h4-6,16H,1-3H3. The number of nitrogens with one attached hydrogen (secondary N) is 1. The minimum Gasteiger partial charge on any atom is -0.373 e. The first-order valence-electron chi connectivity index (χ1n) is 6.14. The number of hydrogen-bond donors (Lipinski definition) is 1. The lowest BCUT2D eigenvalue weighted by molar-refractivity contribution is -0.384. The molecule has 0 bridgehead atoms. The second kappa shape index (κ2) is 5.91.